The van der Waals surface area contributed by atoms with E-state index in [1.54, 1.807) is 0 Å². The van der Waals surface area contributed by atoms with Crippen molar-refractivity contribution in [1.29, 1.82) is 0 Å². The van der Waals surface area contributed by atoms with Crippen LogP contribution >= 0.6 is 0 Å². The van der Waals surface area contributed by atoms with E-state index in [4.69, 9.17) is 5.11 Å². The van der Waals surface area contributed by atoms with Gasteiger partial charge in [0.15, 0.2) is 5.82 Å². The summed E-state index contributed by atoms with van der Waals surface area (Å²) in [5, 5.41) is 16.9. The number of fused-ring (bicyclic) bond motifs is 1. The van der Waals surface area contributed by atoms with E-state index in [0.717, 1.165) is 11.0 Å². The van der Waals surface area contributed by atoms with E-state index < -0.39 is 5.97 Å². The van der Waals surface area contributed by atoms with Gasteiger partial charge in [-0.3, -0.25) is 0 Å². The fourth-order valence-corrected chi connectivity index (χ4v) is 1.71. The Bertz CT molecular complexity index is 736. The molecule has 0 spiro atoms. The summed E-state index contributed by atoms with van der Waals surface area (Å²) in [6, 6.07) is 10.3. The monoisotopic (exact) mass is 240 g/mol. The van der Waals surface area contributed by atoms with Crippen LogP contribution in [0.1, 0.15) is 10.4 Å². The quantitative estimate of drug-likeness (QED) is 0.734. The molecule has 0 bridgehead atoms. The van der Waals surface area contributed by atoms with E-state index >= 15 is 0 Å². The molecule has 2 heterocycles. The number of hydrogen-bond donors (Lipinski definition) is 1. The zero-order valence-corrected chi connectivity index (χ0v) is 9.19. The van der Waals surface area contributed by atoms with Gasteiger partial charge in [0.05, 0.1) is 11.1 Å². The summed E-state index contributed by atoms with van der Waals surface area (Å²) < 4.78 is 1.52. The predicted molar refractivity (Wildman–Crippen MR) is 63.6 cm³/mol. The molecule has 6 heteroatoms. The second kappa shape index (κ2) is 3.92. The highest BCUT2D eigenvalue weighted by atomic mass is 16.4. The molecule has 0 atom stereocenters. The topological polar surface area (TPSA) is 80.9 Å². The largest absolute Gasteiger partial charge is 0.478 e. The third kappa shape index (κ3) is 1.60. The van der Waals surface area contributed by atoms with Crippen LogP contribution in [0.4, 0.5) is 0 Å². The van der Waals surface area contributed by atoms with Crippen LogP contribution in [-0.2, 0) is 0 Å². The van der Waals surface area contributed by atoms with E-state index in [-0.39, 0.29) is 5.56 Å². The highest BCUT2D eigenvalue weighted by Gasteiger charge is 2.09. The van der Waals surface area contributed by atoms with Crippen molar-refractivity contribution in [3.63, 3.8) is 0 Å². The van der Waals surface area contributed by atoms with Gasteiger partial charge in [0.2, 0.25) is 0 Å². The second-order valence-electron chi connectivity index (χ2n) is 3.70. The molecule has 0 fully saturated rings. The van der Waals surface area contributed by atoms with Crippen molar-refractivity contribution in [2.45, 2.75) is 0 Å². The summed E-state index contributed by atoms with van der Waals surface area (Å²) in [6.07, 6.45) is 1.44. The van der Waals surface area contributed by atoms with Crippen molar-refractivity contribution in [1.82, 2.24) is 20.0 Å². The molecule has 0 saturated heterocycles. The normalized spacial score (nSPS) is 10.7. The Labute approximate surface area is 102 Å². The summed E-state index contributed by atoms with van der Waals surface area (Å²) >= 11 is 0. The van der Waals surface area contributed by atoms with Crippen molar-refractivity contribution in [3.8, 4) is 5.82 Å². The van der Waals surface area contributed by atoms with Gasteiger partial charge in [0.1, 0.15) is 5.52 Å². The second-order valence-corrected chi connectivity index (χ2v) is 3.70. The molecule has 1 N–H and O–H groups in total. The number of pyridine rings is 1. The summed E-state index contributed by atoms with van der Waals surface area (Å²) in [5.41, 5.74) is 1.69. The molecule has 6 nitrogen and oxygen atoms in total. The van der Waals surface area contributed by atoms with E-state index in [9.17, 15) is 4.79 Å². The lowest BCUT2D eigenvalue weighted by atomic mass is 10.2. The Balaban J connectivity index is 2.20. The molecule has 88 valence electrons. The van der Waals surface area contributed by atoms with Crippen LogP contribution in [0.15, 0.2) is 42.6 Å². The van der Waals surface area contributed by atoms with Crippen LogP contribution in [0.25, 0.3) is 16.9 Å². The molecule has 0 amide bonds. The van der Waals surface area contributed by atoms with Crippen molar-refractivity contribution < 1.29 is 9.90 Å². The molecule has 1 aromatic carbocycles. The number of rotatable bonds is 2. The van der Waals surface area contributed by atoms with Crippen LogP contribution in [0.3, 0.4) is 0 Å². The maximum atomic E-state index is 10.9. The molecular weight excluding hydrogens is 232 g/mol. The molecular formula is C12H8N4O2. The van der Waals surface area contributed by atoms with Gasteiger partial charge in [0, 0.05) is 6.20 Å². The number of benzene rings is 1. The average Bonchev–Trinajstić information content (AvgIpc) is 2.82. The van der Waals surface area contributed by atoms with Crippen molar-refractivity contribution in [2.24, 2.45) is 0 Å². The minimum atomic E-state index is -0.997. The average molecular weight is 240 g/mol. The lowest BCUT2D eigenvalue weighted by molar-refractivity contribution is 0.0696. The van der Waals surface area contributed by atoms with Crippen LogP contribution in [-0.4, -0.2) is 31.1 Å². The van der Waals surface area contributed by atoms with Crippen molar-refractivity contribution in [3.05, 3.63) is 48.2 Å². The lowest BCUT2D eigenvalue weighted by Gasteiger charge is -2.01. The highest BCUT2D eigenvalue weighted by Crippen LogP contribution is 2.14. The van der Waals surface area contributed by atoms with Crippen molar-refractivity contribution in [2.75, 3.05) is 0 Å². The maximum absolute atomic E-state index is 10.9. The van der Waals surface area contributed by atoms with E-state index in [1.165, 1.54) is 23.0 Å². The first-order valence-electron chi connectivity index (χ1n) is 5.26. The van der Waals surface area contributed by atoms with Gasteiger partial charge in [-0.25, -0.2) is 9.78 Å². The summed E-state index contributed by atoms with van der Waals surface area (Å²) in [7, 11) is 0. The number of para-hydroxylation sites is 1. The van der Waals surface area contributed by atoms with Crippen molar-refractivity contribution >= 4 is 17.0 Å². The minimum Gasteiger partial charge on any atom is -0.478 e. The summed E-state index contributed by atoms with van der Waals surface area (Å²) in [4.78, 5) is 15.0. The zero-order chi connectivity index (χ0) is 12.5. The number of aromatic nitrogens is 4. The molecule has 0 radical (unpaired) electrons. The Kier molecular flexibility index (Phi) is 2.26. The Morgan fingerprint density at radius 1 is 1.22 bits per heavy atom. The lowest BCUT2D eigenvalue weighted by Crippen LogP contribution is -2.03. The molecule has 3 aromatic rings. The van der Waals surface area contributed by atoms with Gasteiger partial charge in [-0.05, 0) is 24.3 Å². The van der Waals surface area contributed by atoms with E-state index in [1.807, 2.05) is 24.3 Å². The smallest absolute Gasteiger partial charge is 0.335 e. The fraction of sp³-hybridized carbons (Fsp3) is 0. The SMILES string of the molecule is O=C(O)c1ccnc(-n2nnc3ccccc32)c1. The van der Waals surface area contributed by atoms with E-state index in [0.29, 0.717) is 5.82 Å². The molecule has 0 unspecified atom stereocenters. The fourth-order valence-electron chi connectivity index (χ4n) is 1.71. The van der Waals surface area contributed by atoms with Gasteiger partial charge in [-0.1, -0.05) is 17.3 Å². The zero-order valence-electron chi connectivity index (χ0n) is 9.19. The molecule has 3 rings (SSSR count). The van der Waals surface area contributed by atoms with Crippen LogP contribution in [0.2, 0.25) is 0 Å². The maximum Gasteiger partial charge on any atom is 0.335 e. The van der Waals surface area contributed by atoms with Crippen LogP contribution in [0, 0.1) is 0 Å². The van der Waals surface area contributed by atoms with Crippen LogP contribution < -0.4 is 0 Å². The summed E-state index contributed by atoms with van der Waals surface area (Å²) in [5.74, 6) is -0.563. The molecule has 0 aliphatic rings. The predicted octanol–water partition coefficient (Wildman–Crippen LogP) is 1.51. The Morgan fingerprint density at radius 3 is 2.89 bits per heavy atom. The number of carboxylic acids is 1. The standard InChI is InChI=1S/C12H8N4O2/c17-12(18)8-5-6-13-11(7-8)16-10-4-2-1-3-9(10)14-15-16/h1-7H,(H,17,18). The summed E-state index contributed by atoms with van der Waals surface area (Å²) in [6.45, 7) is 0. The first kappa shape index (κ1) is 10.4. The molecule has 0 saturated carbocycles. The van der Waals surface area contributed by atoms with Gasteiger partial charge in [-0.2, -0.15) is 4.68 Å². The Hall–Kier alpha value is -2.76. The first-order chi connectivity index (χ1) is 8.75. The van der Waals surface area contributed by atoms with Gasteiger partial charge < -0.3 is 5.11 Å². The van der Waals surface area contributed by atoms with Gasteiger partial charge >= 0.3 is 5.97 Å². The number of carboxylic acid groups (broad SMARTS) is 1. The third-order valence-electron chi connectivity index (χ3n) is 2.56. The van der Waals surface area contributed by atoms with Gasteiger partial charge in [-0.15, -0.1) is 5.10 Å². The molecule has 18 heavy (non-hydrogen) atoms. The molecule has 0 aliphatic carbocycles. The van der Waals surface area contributed by atoms with Crippen LogP contribution in [0.5, 0.6) is 0 Å². The molecule has 2 aromatic heterocycles. The minimum absolute atomic E-state index is 0.166. The number of aromatic carboxylic acids is 1. The highest BCUT2D eigenvalue weighted by molar-refractivity contribution is 5.88. The number of nitrogens with zero attached hydrogens (tertiary/aromatic N) is 4. The first-order valence-corrected chi connectivity index (χ1v) is 5.26. The Morgan fingerprint density at radius 2 is 2.06 bits per heavy atom. The number of carbonyl (C=O) groups is 1. The molecule has 0 aliphatic heterocycles. The third-order valence-corrected chi connectivity index (χ3v) is 2.56. The van der Waals surface area contributed by atoms with Gasteiger partial charge in [0.25, 0.3) is 0 Å². The number of hydrogen-bond acceptors (Lipinski definition) is 4. The van der Waals surface area contributed by atoms with E-state index in [2.05, 4.69) is 15.3 Å².